The van der Waals surface area contributed by atoms with Crippen molar-refractivity contribution in [3.05, 3.63) is 0 Å². The van der Waals surface area contributed by atoms with Gasteiger partial charge in [0, 0.05) is 11.8 Å². The first-order valence-electron chi connectivity index (χ1n) is 5.82. The maximum atomic E-state index is 4.85. The van der Waals surface area contributed by atoms with E-state index in [1.54, 1.807) is 0 Å². The molecule has 78 valence electrons. The van der Waals surface area contributed by atoms with E-state index in [-0.39, 0.29) is 0 Å². The maximum absolute atomic E-state index is 4.85. The van der Waals surface area contributed by atoms with Crippen LogP contribution in [0, 0.1) is 11.8 Å². The first-order valence-corrected chi connectivity index (χ1v) is 6.80. The summed E-state index contributed by atoms with van der Waals surface area (Å²) < 4.78 is 0. The summed E-state index contributed by atoms with van der Waals surface area (Å²) in [6.45, 7) is 2.23. The lowest BCUT2D eigenvalue weighted by Gasteiger charge is -2.04. The van der Waals surface area contributed by atoms with Crippen LogP contribution in [0.25, 0.3) is 0 Å². The summed E-state index contributed by atoms with van der Waals surface area (Å²) in [5, 5.41) is 4.67. The minimum Gasteiger partial charge on any atom is -0.362 e. The molecule has 3 heteroatoms. The zero-order chi connectivity index (χ0) is 9.54. The third kappa shape index (κ3) is 1.56. The molecule has 0 bridgehead atoms. The van der Waals surface area contributed by atoms with Crippen LogP contribution in [-0.4, -0.2) is 23.0 Å². The molecule has 1 N–H and O–H groups in total. The fourth-order valence-corrected chi connectivity index (χ4v) is 3.83. The fraction of sp³-hybridized carbons (Fsp3) is 0.909. The maximum Gasteiger partial charge on any atom is 0.157 e. The van der Waals surface area contributed by atoms with Gasteiger partial charge in [-0.25, -0.2) is 0 Å². The van der Waals surface area contributed by atoms with Gasteiger partial charge in [0.05, 0.1) is 6.04 Å². The van der Waals surface area contributed by atoms with Crippen LogP contribution in [0.3, 0.4) is 0 Å². The molecule has 1 saturated heterocycles. The molecule has 2 saturated carbocycles. The van der Waals surface area contributed by atoms with Gasteiger partial charge in [-0.2, -0.15) is 0 Å². The summed E-state index contributed by atoms with van der Waals surface area (Å²) in [5.74, 6) is 3.10. The fourth-order valence-electron chi connectivity index (χ4n) is 2.85. The van der Waals surface area contributed by atoms with Gasteiger partial charge in [-0.3, -0.25) is 4.99 Å². The standard InChI is InChI=1S/C11H18N2S/c1-7-6-14-11(12-7)13-10-8-4-2-3-5-9(8)10/h7-10H,2-6H2,1H3,(H,12,13). The van der Waals surface area contributed by atoms with Crippen molar-refractivity contribution in [2.45, 2.75) is 44.7 Å². The van der Waals surface area contributed by atoms with Gasteiger partial charge in [-0.1, -0.05) is 24.6 Å². The van der Waals surface area contributed by atoms with E-state index in [4.69, 9.17) is 4.99 Å². The number of hydrogen-bond acceptors (Lipinski definition) is 2. The molecule has 0 radical (unpaired) electrons. The van der Waals surface area contributed by atoms with Gasteiger partial charge in [0.15, 0.2) is 5.17 Å². The average Bonchev–Trinajstić information content (AvgIpc) is 2.72. The summed E-state index contributed by atoms with van der Waals surface area (Å²) in [6, 6.07) is 1.32. The topological polar surface area (TPSA) is 24.4 Å². The van der Waals surface area contributed by atoms with Crippen LogP contribution in [0.2, 0.25) is 0 Å². The molecule has 0 amide bonds. The van der Waals surface area contributed by atoms with Gasteiger partial charge in [0.25, 0.3) is 0 Å². The van der Waals surface area contributed by atoms with Crippen LogP contribution in [0.1, 0.15) is 32.6 Å². The molecule has 0 spiro atoms. The number of amidine groups is 1. The van der Waals surface area contributed by atoms with Crippen LogP contribution in [0.5, 0.6) is 0 Å². The highest BCUT2D eigenvalue weighted by Crippen LogP contribution is 2.52. The Balaban J connectivity index is 1.63. The van der Waals surface area contributed by atoms with E-state index < -0.39 is 0 Å². The van der Waals surface area contributed by atoms with Crippen molar-refractivity contribution in [1.29, 1.82) is 0 Å². The number of thioether (sulfide) groups is 1. The van der Waals surface area contributed by atoms with Crippen molar-refractivity contribution in [2.75, 3.05) is 5.75 Å². The molecule has 3 fully saturated rings. The second kappa shape index (κ2) is 3.44. The summed E-state index contributed by atoms with van der Waals surface area (Å²) in [7, 11) is 0. The molecule has 0 aromatic carbocycles. The van der Waals surface area contributed by atoms with Crippen molar-refractivity contribution < 1.29 is 0 Å². The number of hydrogen-bond donors (Lipinski definition) is 1. The molecule has 3 aliphatic rings. The van der Waals surface area contributed by atoms with Crippen molar-refractivity contribution >= 4 is 16.9 Å². The van der Waals surface area contributed by atoms with Crippen molar-refractivity contribution in [2.24, 2.45) is 16.8 Å². The largest absolute Gasteiger partial charge is 0.362 e. The SMILES string of the molecule is CC1CSC(=NC2C3CCCCC32)N1. The van der Waals surface area contributed by atoms with Gasteiger partial charge in [0.2, 0.25) is 0 Å². The van der Waals surface area contributed by atoms with Gasteiger partial charge in [-0.15, -0.1) is 0 Å². The molecule has 3 unspecified atom stereocenters. The molecule has 3 atom stereocenters. The highest BCUT2D eigenvalue weighted by Gasteiger charge is 2.51. The zero-order valence-corrected chi connectivity index (χ0v) is 9.52. The average molecular weight is 210 g/mol. The van der Waals surface area contributed by atoms with Gasteiger partial charge in [0.1, 0.15) is 0 Å². The van der Waals surface area contributed by atoms with E-state index >= 15 is 0 Å². The summed E-state index contributed by atoms with van der Waals surface area (Å²) in [4.78, 5) is 4.85. The number of nitrogens with zero attached hydrogens (tertiary/aromatic N) is 1. The second-order valence-electron chi connectivity index (χ2n) is 4.89. The minimum atomic E-state index is 0.625. The van der Waals surface area contributed by atoms with Crippen LogP contribution in [-0.2, 0) is 0 Å². The van der Waals surface area contributed by atoms with E-state index in [1.807, 2.05) is 11.8 Å². The third-order valence-corrected chi connectivity index (χ3v) is 4.88. The smallest absolute Gasteiger partial charge is 0.157 e. The van der Waals surface area contributed by atoms with E-state index in [2.05, 4.69) is 12.2 Å². The summed E-state index contributed by atoms with van der Waals surface area (Å²) in [5.41, 5.74) is 0. The Hall–Kier alpha value is -0.180. The Morgan fingerprint density at radius 1 is 1.29 bits per heavy atom. The van der Waals surface area contributed by atoms with E-state index in [9.17, 15) is 0 Å². The van der Waals surface area contributed by atoms with Gasteiger partial charge in [-0.05, 0) is 31.6 Å². The molecule has 1 heterocycles. The number of aliphatic imine (C=N–C) groups is 1. The first-order chi connectivity index (χ1) is 6.84. The Morgan fingerprint density at radius 3 is 2.57 bits per heavy atom. The Bertz CT molecular complexity index is 252. The third-order valence-electron chi connectivity index (χ3n) is 3.72. The lowest BCUT2D eigenvalue weighted by atomic mass is 10.0. The monoisotopic (exact) mass is 210 g/mol. The quantitative estimate of drug-likeness (QED) is 0.718. The van der Waals surface area contributed by atoms with E-state index in [0.29, 0.717) is 12.1 Å². The van der Waals surface area contributed by atoms with Crippen molar-refractivity contribution in [1.82, 2.24) is 5.32 Å². The van der Waals surface area contributed by atoms with Gasteiger partial charge >= 0.3 is 0 Å². The van der Waals surface area contributed by atoms with E-state index in [0.717, 1.165) is 11.8 Å². The molecule has 1 aliphatic heterocycles. The second-order valence-corrected chi connectivity index (χ2v) is 5.90. The Morgan fingerprint density at radius 2 is 2.00 bits per heavy atom. The van der Waals surface area contributed by atoms with E-state index in [1.165, 1.54) is 36.6 Å². The molecule has 2 nitrogen and oxygen atoms in total. The lowest BCUT2D eigenvalue weighted by Crippen LogP contribution is -2.23. The zero-order valence-electron chi connectivity index (χ0n) is 8.70. The predicted octanol–water partition coefficient (Wildman–Crippen LogP) is 2.26. The first kappa shape index (κ1) is 9.08. The lowest BCUT2D eigenvalue weighted by molar-refractivity contribution is 0.480. The number of fused-ring (bicyclic) bond motifs is 1. The van der Waals surface area contributed by atoms with Gasteiger partial charge < -0.3 is 5.32 Å². The predicted molar refractivity (Wildman–Crippen MR) is 61.7 cm³/mol. The molecule has 14 heavy (non-hydrogen) atoms. The van der Waals surface area contributed by atoms with Crippen LogP contribution >= 0.6 is 11.8 Å². The molecule has 0 aromatic heterocycles. The Labute approximate surface area is 89.9 Å². The van der Waals surface area contributed by atoms with Crippen LogP contribution in [0.15, 0.2) is 4.99 Å². The molecule has 2 aliphatic carbocycles. The van der Waals surface area contributed by atoms with Crippen LogP contribution < -0.4 is 5.32 Å². The van der Waals surface area contributed by atoms with Crippen molar-refractivity contribution in [3.63, 3.8) is 0 Å². The molecular weight excluding hydrogens is 192 g/mol. The summed E-state index contributed by atoms with van der Waals surface area (Å²) in [6.07, 6.45) is 5.76. The summed E-state index contributed by atoms with van der Waals surface area (Å²) >= 11 is 1.90. The molecule has 3 rings (SSSR count). The molecular formula is C11H18N2S. The van der Waals surface area contributed by atoms with Crippen LogP contribution in [0.4, 0.5) is 0 Å². The highest BCUT2D eigenvalue weighted by atomic mass is 32.2. The Kier molecular flexibility index (Phi) is 2.23. The normalized spacial score (nSPS) is 48.8. The molecule has 0 aromatic rings. The van der Waals surface area contributed by atoms with Crippen molar-refractivity contribution in [3.8, 4) is 0 Å². The number of rotatable bonds is 1. The highest BCUT2D eigenvalue weighted by molar-refractivity contribution is 8.14. The minimum absolute atomic E-state index is 0.625. The number of nitrogens with one attached hydrogen (secondary N) is 1.